The Labute approximate surface area is 137 Å². The zero-order valence-electron chi connectivity index (χ0n) is 13.4. The van der Waals surface area contributed by atoms with Crippen LogP contribution < -0.4 is 9.62 Å². The number of hydrogen-bond donors (Lipinski definition) is 1. The van der Waals surface area contributed by atoms with E-state index in [2.05, 4.69) is 4.72 Å². The number of nitrogens with zero attached hydrogens (tertiary/aromatic N) is 1. The Bertz CT molecular complexity index is 799. The Balaban J connectivity index is 2.09. The molecule has 0 aliphatic carbocycles. The first-order valence-corrected chi connectivity index (χ1v) is 9.04. The van der Waals surface area contributed by atoms with E-state index in [0.717, 1.165) is 17.4 Å². The minimum atomic E-state index is -3.30. The van der Waals surface area contributed by atoms with Crippen molar-refractivity contribution in [2.24, 2.45) is 0 Å². The lowest BCUT2D eigenvalue weighted by Gasteiger charge is -2.18. The first-order chi connectivity index (χ1) is 10.8. The number of nitrogens with one attached hydrogen (secondary N) is 1. The van der Waals surface area contributed by atoms with Crippen molar-refractivity contribution in [2.75, 3.05) is 22.9 Å². The molecule has 1 N–H and O–H groups in total. The third-order valence-electron chi connectivity index (χ3n) is 3.53. The van der Waals surface area contributed by atoms with Crippen molar-refractivity contribution < 1.29 is 13.2 Å². The second kappa shape index (κ2) is 6.83. The molecule has 0 bridgehead atoms. The van der Waals surface area contributed by atoms with Crippen LogP contribution in [0.2, 0.25) is 0 Å². The van der Waals surface area contributed by atoms with Crippen LogP contribution in [0.3, 0.4) is 0 Å². The van der Waals surface area contributed by atoms with E-state index < -0.39 is 10.0 Å². The number of amides is 1. The fourth-order valence-corrected chi connectivity index (χ4v) is 2.77. The van der Waals surface area contributed by atoms with Crippen molar-refractivity contribution in [1.82, 2.24) is 0 Å². The van der Waals surface area contributed by atoms with Crippen LogP contribution in [-0.4, -0.2) is 27.6 Å². The molecule has 0 aliphatic rings. The summed E-state index contributed by atoms with van der Waals surface area (Å²) in [6, 6.07) is 14.5. The van der Waals surface area contributed by atoms with Gasteiger partial charge in [-0.15, -0.1) is 0 Å². The molecule has 0 fully saturated rings. The maximum absolute atomic E-state index is 12.4. The van der Waals surface area contributed by atoms with Crippen LogP contribution in [0.25, 0.3) is 0 Å². The number of aryl methyl sites for hydroxylation is 1. The molecule has 23 heavy (non-hydrogen) atoms. The van der Waals surface area contributed by atoms with Crippen molar-refractivity contribution in [1.29, 1.82) is 0 Å². The number of rotatable bonds is 5. The van der Waals surface area contributed by atoms with Gasteiger partial charge < -0.3 is 4.90 Å². The number of benzene rings is 2. The molecule has 0 heterocycles. The number of sulfonamides is 1. The molecule has 0 atom stereocenters. The Hall–Kier alpha value is -2.34. The predicted octanol–water partition coefficient (Wildman–Crippen LogP) is 2.57. The van der Waals surface area contributed by atoms with E-state index in [1.54, 1.807) is 36.2 Å². The lowest BCUT2D eigenvalue weighted by atomic mass is 10.1. The molecule has 2 rings (SSSR count). The highest BCUT2D eigenvalue weighted by molar-refractivity contribution is 7.92. The minimum Gasteiger partial charge on any atom is -0.315 e. The average molecular weight is 332 g/mol. The summed E-state index contributed by atoms with van der Waals surface area (Å²) in [6.45, 7) is 1.98. The van der Waals surface area contributed by atoms with Crippen LogP contribution in [0.1, 0.15) is 11.1 Å². The number of likely N-dealkylation sites (N-methyl/N-ethyl adjacent to an activating group) is 1. The molecule has 0 saturated carbocycles. The molecule has 2 aromatic rings. The SMILES string of the molecule is Cc1ccccc1CC(=O)N(C)c1ccc(NS(C)(=O)=O)cc1. The molecule has 0 saturated heterocycles. The molecule has 0 spiro atoms. The van der Waals surface area contributed by atoms with E-state index in [9.17, 15) is 13.2 Å². The fourth-order valence-electron chi connectivity index (χ4n) is 2.20. The summed E-state index contributed by atoms with van der Waals surface area (Å²) in [4.78, 5) is 14.0. The number of hydrogen-bond acceptors (Lipinski definition) is 3. The van der Waals surface area contributed by atoms with Gasteiger partial charge in [-0.1, -0.05) is 24.3 Å². The van der Waals surface area contributed by atoms with Gasteiger partial charge >= 0.3 is 0 Å². The first kappa shape index (κ1) is 17.0. The van der Waals surface area contributed by atoms with Gasteiger partial charge in [0.1, 0.15) is 0 Å². The standard InChI is InChI=1S/C17H20N2O3S/c1-13-6-4-5-7-14(13)12-17(20)19(2)16-10-8-15(9-11-16)18-23(3,21)22/h4-11,18H,12H2,1-3H3. The number of anilines is 2. The van der Waals surface area contributed by atoms with Crippen molar-refractivity contribution in [2.45, 2.75) is 13.3 Å². The Morgan fingerprint density at radius 1 is 1.09 bits per heavy atom. The van der Waals surface area contributed by atoms with Gasteiger partial charge in [0.05, 0.1) is 12.7 Å². The van der Waals surface area contributed by atoms with Gasteiger partial charge in [0.2, 0.25) is 15.9 Å². The molecule has 1 amide bonds. The summed E-state index contributed by atoms with van der Waals surface area (Å²) in [7, 11) is -1.59. The highest BCUT2D eigenvalue weighted by Crippen LogP contribution is 2.19. The van der Waals surface area contributed by atoms with E-state index >= 15 is 0 Å². The quantitative estimate of drug-likeness (QED) is 0.915. The molecule has 5 nitrogen and oxygen atoms in total. The summed E-state index contributed by atoms with van der Waals surface area (Å²) >= 11 is 0. The van der Waals surface area contributed by atoms with Crippen LogP contribution >= 0.6 is 0 Å². The minimum absolute atomic E-state index is 0.0249. The van der Waals surface area contributed by atoms with Crippen molar-refractivity contribution in [3.05, 3.63) is 59.7 Å². The maximum Gasteiger partial charge on any atom is 0.231 e. The molecule has 0 radical (unpaired) electrons. The zero-order valence-corrected chi connectivity index (χ0v) is 14.2. The molecule has 122 valence electrons. The Kier molecular flexibility index (Phi) is 5.05. The number of carbonyl (C=O) groups is 1. The van der Waals surface area contributed by atoms with E-state index in [1.165, 1.54) is 0 Å². The fraction of sp³-hybridized carbons (Fsp3) is 0.235. The van der Waals surface area contributed by atoms with Crippen LogP contribution in [0, 0.1) is 6.92 Å². The molecule has 0 unspecified atom stereocenters. The summed E-state index contributed by atoms with van der Waals surface area (Å²) in [5.41, 5.74) is 3.26. The van der Waals surface area contributed by atoms with Gasteiger partial charge in [-0.05, 0) is 42.3 Å². The van der Waals surface area contributed by atoms with Crippen LogP contribution in [0.4, 0.5) is 11.4 Å². The van der Waals surface area contributed by atoms with Gasteiger partial charge in [-0.2, -0.15) is 0 Å². The van der Waals surface area contributed by atoms with E-state index in [0.29, 0.717) is 17.8 Å². The lowest BCUT2D eigenvalue weighted by Crippen LogP contribution is -2.28. The largest absolute Gasteiger partial charge is 0.315 e. The van der Waals surface area contributed by atoms with Crippen LogP contribution in [0.15, 0.2) is 48.5 Å². The number of carbonyl (C=O) groups excluding carboxylic acids is 1. The van der Waals surface area contributed by atoms with Gasteiger partial charge in [-0.25, -0.2) is 8.42 Å². The third kappa shape index (κ3) is 4.82. The Morgan fingerprint density at radius 2 is 1.70 bits per heavy atom. The van der Waals surface area contributed by atoms with E-state index in [-0.39, 0.29) is 5.91 Å². The highest BCUT2D eigenvalue weighted by Gasteiger charge is 2.13. The summed E-state index contributed by atoms with van der Waals surface area (Å²) in [6.07, 6.45) is 1.42. The first-order valence-electron chi connectivity index (χ1n) is 7.15. The summed E-state index contributed by atoms with van der Waals surface area (Å²) in [5, 5.41) is 0. The predicted molar refractivity (Wildman–Crippen MR) is 93.2 cm³/mol. The second-order valence-corrected chi connectivity index (χ2v) is 7.23. The average Bonchev–Trinajstić information content (AvgIpc) is 2.48. The van der Waals surface area contributed by atoms with Crippen molar-refractivity contribution in [3.63, 3.8) is 0 Å². The molecular formula is C17H20N2O3S. The molecule has 0 aliphatic heterocycles. The topological polar surface area (TPSA) is 66.5 Å². The molecule has 2 aromatic carbocycles. The van der Waals surface area contributed by atoms with Crippen LogP contribution in [0.5, 0.6) is 0 Å². The van der Waals surface area contributed by atoms with Gasteiger partial charge in [0, 0.05) is 18.4 Å². The highest BCUT2D eigenvalue weighted by atomic mass is 32.2. The monoisotopic (exact) mass is 332 g/mol. The molecule has 0 aromatic heterocycles. The van der Waals surface area contributed by atoms with Gasteiger partial charge in [0.15, 0.2) is 0 Å². The summed E-state index contributed by atoms with van der Waals surface area (Å²) in [5.74, 6) is -0.0249. The maximum atomic E-state index is 12.4. The molecular weight excluding hydrogens is 312 g/mol. The Morgan fingerprint density at radius 3 is 2.26 bits per heavy atom. The van der Waals surface area contributed by atoms with Crippen molar-refractivity contribution >= 4 is 27.3 Å². The third-order valence-corrected chi connectivity index (χ3v) is 4.14. The van der Waals surface area contributed by atoms with Crippen LogP contribution in [-0.2, 0) is 21.2 Å². The second-order valence-electron chi connectivity index (χ2n) is 5.48. The molecule has 6 heteroatoms. The normalized spacial score (nSPS) is 11.1. The smallest absolute Gasteiger partial charge is 0.231 e. The van der Waals surface area contributed by atoms with Crippen molar-refractivity contribution in [3.8, 4) is 0 Å². The van der Waals surface area contributed by atoms with Gasteiger partial charge in [-0.3, -0.25) is 9.52 Å². The zero-order chi connectivity index (χ0) is 17.0. The summed E-state index contributed by atoms with van der Waals surface area (Å²) < 4.78 is 24.8. The lowest BCUT2D eigenvalue weighted by molar-refractivity contribution is -0.117. The van der Waals surface area contributed by atoms with E-state index in [4.69, 9.17) is 0 Å². The van der Waals surface area contributed by atoms with E-state index in [1.807, 2.05) is 31.2 Å². The van der Waals surface area contributed by atoms with Gasteiger partial charge in [0.25, 0.3) is 0 Å².